The normalized spacial score (nSPS) is 23.3. The molecule has 328 valence electrons. The summed E-state index contributed by atoms with van der Waals surface area (Å²) in [5.41, 5.74) is 7.31. The number of likely N-dealkylation sites (tertiary alicyclic amines) is 1. The first-order valence-corrected chi connectivity index (χ1v) is 23.7. The summed E-state index contributed by atoms with van der Waals surface area (Å²) < 4.78 is 28.6. The van der Waals surface area contributed by atoms with Crippen LogP contribution >= 0.6 is 11.6 Å². The quantitative estimate of drug-likeness (QED) is 0.0851. The van der Waals surface area contributed by atoms with Gasteiger partial charge in [0.05, 0.1) is 28.7 Å². The predicted octanol–water partition coefficient (Wildman–Crippen LogP) is 8.63. The maximum Gasteiger partial charge on any atom is 0.296 e. The first-order valence-electron chi connectivity index (χ1n) is 22.1. The number of rotatable bonds is 11. The number of carbonyl (C=O) groups is 1. The van der Waals surface area contributed by atoms with E-state index in [1.807, 2.05) is 36.4 Å². The lowest BCUT2D eigenvalue weighted by Gasteiger charge is -2.47. The number of aromatic amines is 1. The Morgan fingerprint density at radius 2 is 1.87 bits per heavy atom. The number of anilines is 1. The van der Waals surface area contributed by atoms with Crippen molar-refractivity contribution < 1.29 is 23.7 Å². The van der Waals surface area contributed by atoms with Crippen LogP contribution in [0.3, 0.4) is 0 Å². The highest BCUT2D eigenvalue weighted by atomic mass is 35.5. The SMILES string of the molecule is C=C1C2C=C([S+]([O-])NC(=O)c3ccc(N4CCN(CC5=C(c6ccc(Cl)cc6)CC6(CCC6)CC5)CC4)cc3Oc3cnc4[nH]ccc4c3)C=C([N+](=O)[O-])C2CN1C1CCOCC1. The molecule has 1 saturated carbocycles. The van der Waals surface area contributed by atoms with E-state index in [0.29, 0.717) is 36.6 Å². The molecule has 0 bridgehead atoms. The summed E-state index contributed by atoms with van der Waals surface area (Å²) in [7, 11) is 0. The Balaban J connectivity index is 0.867. The number of ether oxygens (including phenoxy) is 2. The van der Waals surface area contributed by atoms with E-state index in [2.05, 4.69) is 48.1 Å². The van der Waals surface area contributed by atoms with Gasteiger partial charge in [0.1, 0.15) is 28.5 Å². The first kappa shape index (κ1) is 41.9. The Bertz CT molecular complexity index is 2520. The summed E-state index contributed by atoms with van der Waals surface area (Å²) in [6.45, 7) is 10.3. The molecule has 0 radical (unpaired) electrons. The number of hydrogen-bond donors (Lipinski definition) is 2. The summed E-state index contributed by atoms with van der Waals surface area (Å²) in [6, 6.07) is 17.8. The highest BCUT2D eigenvalue weighted by molar-refractivity contribution is 7.94. The Hall–Kier alpha value is -5.12. The lowest BCUT2D eigenvalue weighted by Crippen LogP contribution is -2.47. The zero-order valence-corrected chi connectivity index (χ0v) is 36.8. The molecule has 4 aromatic rings. The minimum Gasteiger partial charge on any atom is -0.588 e. The molecule has 5 heterocycles. The number of benzene rings is 2. The summed E-state index contributed by atoms with van der Waals surface area (Å²) in [5.74, 6) is -0.754. The van der Waals surface area contributed by atoms with Crippen molar-refractivity contribution >= 4 is 51.2 Å². The molecule has 63 heavy (non-hydrogen) atoms. The number of nitro groups is 1. The molecule has 13 nitrogen and oxygen atoms in total. The van der Waals surface area contributed by atoms with Gasteiger partial charge >= 0.3 is 0 Å². The van der Waals surface area contributed by atoms with Crippen molar-refractivity contribution in [3.8, 4) is 11.5 Å². The molecule has 6 aliphatic rings. The molecule has 4 fully saturated rings. The number of amides is 1. The van der Waals surface area contributed by atoms with Gasteiger partial charge in [-0.05, 0) is 104 Å². The molecule has 3 aliphatic heterocycles. The van der Waals surface area contributed by atoms with Crippen LogP contribution in [0, 0.1) is 27.4 Å². The largest absolute Gasteiger partial charge is 0.588 e. The summed E-state index contributed by atoms with van der Waals surface area (Å²) >= 11 is 4.18. The van der Waals surface area contributed by atoms with E-state index in [-0.39, 0.29) is 28.0 Å². The maximum atomic E-state index is 14.1. The Kier molecular flexibility index (Phi) is 11.6. The van der Waals surface area contributed by atoms with Crippen LogP contribution in [-0.4, -0.2) is 93.7 Å². The van der Waals surface area contributed by atoms with E-state index in [1.165, 1.54) is 42.9 Å². The third-order valence-electron chi connectivity index (χ3n) is 14.3. The minimum absolute atomic E-state index is 0.0311. The zero-order chi connectivity index (χ0) is 43.2. The van der Waals surface area contributed by atoms with E-state index in [9.17, 15) is 19.5 Å². The fraction of sp³-hybridized carbons (Fsp3) is 0.417. The number of nitrogens with one attached hydrogen (secondary N) is 2. The number of hydrogen-bond acceptors (Lipinski definition) is 10. The first-order chi connectivity index (χ1) is 30.6. The Labute approximate surface area is 375 Å². The summed E-state index contributed by atoms with van der Waals surface area (Å²) in [4.78, 5) is 40.8. The monoisotopic (exact) mass is 889 g/mol. The van der Waals surface area contributed by atoms with Gasteiger partial charge < -0.3 is 28.8 Å². The molecular weight excluding hydrogens is 838 g/mol. The molecule has 3 saturated heterocycles. The third-order valence-corrected chi connectivity index (χ3v) is 15.6. The molecule has 3 atom stereocenters. The number of pyridine rings is 1. The van der Waals surface area contributed by atoms with Crippen molar-refractivity contribution in [3.63, 3.8) is 0 Å². The van der Waals surface area contributed by atoms with Gasteiger partial charge in [0.25, 0.3) is 11.6 Å². The van der Waals surface area contributed by atoms with Crippen molar-refractivity contribution in [1.29, 1.82) is 0 Å². The molecule has 3 unspecified atom stereocenters. The average molecular weight is 891 g/mol. The van der Waals surface area contributed by atoms with Crippen LogP contribution in [-0.2, 0) is 16.1 Å². The predicted molar refractivity (Wildman–Crippen MR) is 245 cm³/mol. The maximum absolute atomic E-state index is 14.1. The summed E-state index contributed by atoms with van der Waals surface area (Å²) in [6.07, 6.45) is 15.7. The van der Waals surface area contributed by atoms with Gasteiger partial charge in [-0.3, -0.25) is 19.8 Å². The van der Waals surface area contributed by atoms with Crippen LogP contribution in [0.1, 0.15) is 67.3 Å². The number of allylic oxidation sites excluding steroid dienone is 3. The summed E-state index contributed by atoms with van der Waals surface area (Å²) in [5, 5.41) is 14.0. The molecular formula is C48H52ClN7O6S. The Morgan fingerprint density at radius 3 is 2.62 bits per heavy atom. The van der Waals surface area contributed by atoms with Crippen molar-refractivity contribution in [2.45, 2.75) is 57.4 Å². The highest BCUT2D eigenvalue weighted by Crippen LogP contribution is 2.55. The van der Waals surface area contributed by atoms with Gasteiger partial charge in [0.15, 0.2) is 4.91 Å². The molecule has 3 aliphatic carbocycles. The van der Waals surface area contributed by atoms with Crippen molar-refractivity contribution in [2.75, 3.05) is 57.4 Å². The molecule has 2 aromatic carbocycles. The van der Waals surface area contributed by atoms with E-state index >= 15 is 0 Å². The molecule has 15 heteroatoms. The molecule has 10 rings (SSSR count). The van der Waals surface area contributed by atoms with Crippen LogP contribution in [0.2, 0.25) is 5.02 Å². The number of halogens is 1. The lowest BCUT2D eigenvalue weighted by molar-refractivity contribution is -0.434. The van der Waals surface area contributed by atoms with Crippen LogP contribution in [0.15, 0.2) is 108 Å². The number of fused-ring (bicyclic) bond motifs is 2. The molecule has 2 N–H and O–H groups in total. The second-order valence-electron chi connectivity index (χ2n) is 18.0. The van der Waals surface area contributed by atoms with Crippen molar-refractivity contribution in [3.05, 3.63) is 134 Å². The minimum atomic E-state index is -2.11. The van der Waals surface area contributed by atoms with Gasteiger partial charge in [-0.1, -0.05) is 42.3 Å². The second kappa shape index (κ2) is 17.5. The molecule has 2 aromatic heterocycles. The molecule has 1 spiro atoms. The number of piperazine rings is 1. The van der Waals surface area contributed by atoms with E-state index < -0.39 is 34.0 Å². The van der Waals surface area contributed by atoms with Crippen LogP contribution in [0.4, 0.5) is 5.69 Å². The number of nitrogens with zero attached hydrogens (tertiary/aromatic N) is 5. The third kappa shape index (κ3) is 8.51. The van der Waals surface area contributed by atoms with Gasteiger partial charge in [0.2, 0.25) is 0 Å². The second-order valence-corrected chi connectivity index (χ2v) is 19.6. The number of H-pyrrole nitrogens is 1. The van der Waals surface area contributed by atoms with Crippen LogP contribution in [0.25, 0.3) is 16.6 Å². The van der Waals surface area contributed by atoms with E-state index in [1.54, 1.807) is 30.1 Å². The van der Waals surface area contributed by atoms with Gasteiger partial charge in [-0.2, -0.15) is 4.72 Å². The Morgan fingerprint density at radius 1 is 1.08 bits per heavy atom. The van der Waals surface area contributed by atoms with Crippen LogP contribution in [0.5, 0.6) is 11.5 Å². The van der Waals surface area contributed by atoms with Crippen molar-refractivity contribution in [1.82, 2.24) is 24.5 Å². The fourth-order valence-electron chi connectivity index (χ4n) is 10.6. The standard InChI is InChI=1S/C48H52ClN7O6S/c1-31-41-25-39(26-44(56(58)59)43(41)30-55(31)36-11-21-61-22-12-36)63(60)52-47(57)40-8-7-37(24-45(40)62-38-23-33-10-16-50-46(33)51-28-38)54-19-17-53(18-20-54)29-34-9-15-48(13-2-14-48)27-42(34)32-3-5-35(49)6-4-32/h3-8,10,16,23-26,28,36,41,43H,1-2,9,11-15,17-22,27,29-30H2,(H,50,51)(H,52,57). The average Bonchev–Trinajstić information content (AvgIpc) is 3.90. The zero-order valence-electron chi connectivity index (χ0n) is 35.2. The van der Waals surface area contributed by atoms with Gasteiger partial charge in [0, 0.05) is 98.5 Å². The number of aromatic nitrogens is 2. The fourth-order valence-corrected chi connectivity index (χ4v) is 11.6. The number of carbonyl (C=O) groups excluding carboxylic acids is 1. The topological polar surface area (TPSA) is 152 Å². The van der Waals surface area contributed by atoms with Crippen LogP contribution < -0.4 is 14.4 Å². The molecule has 1 amide bonds. The van der Waals surface area contributed by atoms with Gasteiger partial charge in [-0.25, -0.2) is 4.98 Å². The smallest absolute Gasteiger partial charge is 0.296 e. The van der Waals surface area contributed by atoms with E-state index in [0.717, 1.165) is 80.2 Å². The van der Waals surface area contributed by atoms with Gasteiger partial charge in [-0.15, -0.1) is 0 Å². The lowest BCUT2D eigenvalue weighted by atomic mass is 9.59. The van der Waals surface area contributed by atoms with Crippen molar-refractivity contribution in [2.24, 2.45) is 17.3 Å². The van der Waals surface area contributed by atoms with E-state index in [4.69, 9.17) is 21.1 Å². The highest BCUT2D eigenvalue weighted by Gasteiger charge is 2.48.